The highest BCUT2D eigenvalue weighted by atomic mass is 127. The van der Waals surface area contributed by atoms with E-state index in [1.807, 2.05) is 63.2 Å². The summed E-state index contributed by atoms with van der Waals surface area (Å²) in [5, 5.41) is 12.0. The first-order valence-electron chi connectivity index (χ1n) is 11.5. The molecule has 3 aromatic carbocycles. The number of rotatable bonds is 8. The molecule has 36 heavy (non-hydrogen) atoms. The molecule has 4 aromatic rings. The molecule has 6 nitrogen and oxygen atoms in total. The van der Waals surface area contributed by atoms with E-state index in [2.05, 4.69) is 52.3 Å². The van der Waals surface area contributed by atoms with E-state index in [-0.39, 0.29) is 5.57 Å². The van der Waals surface area contributed by atoms with Gasteiger partial charge in [-0.1, -0.05) is 42.5 Å². The molecule has 0 radical (unpaired) electrons. The van der Waals surface area contributed by atoms with Gasteiger partial charge in [-0.2, -0.15) is 5.26 Å². The van der Waals surface area contributed by atoms with Gasteiger partial charge in [0, 0.05) is 11.4 Å². The lowest BCUT2D eigenvalue weighted by Gasteiger charge is -2.16. The zero-order valence-electron chi connectivity index (χ0n) is 20.3. The summed E-state index contributed by atoms with van der Waals surface area (Å²) in [5.74, 6) is 0.707. The van der Waals surface area contributed by atoms with Crippen LogP contribution >= 0.6 is 22.6 Å². The van der Waals surface area contributed by atoms with Crippen LogP contribution < -0.4 is 14.9 Å². The number of benzene rings is 3. The summed E-state index contributed by atoms with van der Waals surface area (Å²) in [4.78, 5) is 12.8. The van der Waals surface area contributed by atoms with Crippen molar-refractivity contribution < 1.29 is 14.3 Å². The number of nitrogens with zero attached hydrogens (tertiary/aromatic N) is 2. The molecular weight excluding hydrogens is 565 g/mol. The summed E-state index contributed by atoms with van der Waals surface area (Å²) in [6, 6.07) is 23.8. The van der Waals surface area contributed by atoms with Crippen molar-refractivity contribution in [1.29, 1.82) is 5.26 Å². The average molecular weight is 591 g/mol. The molecule has 4 rings (SSSR count). The first-order valence-corrected chi connectivity index (χ1v) is 12.6. The van der Waals surface area contributed by atoms with Crippen LogP contribution in [0.2, 0.25) is 0 Å². The predicted octanol–water partition coefficient (Wildman–Crippen LogP) is 6.52. The van der Waals surface area contributed by atoms with Crippen LogP contribution in [0, 0.1) is 28.7 Å². The molecule has 0 spiro atoms. The van der Waals surface area contributed by atoms with E-state index in [0.29, 0.717) is 30.3 Å². The molecule has 1 heterocycles. The van der Waals surface area contributed by atoms with Gasteiger partial charge in [-0.05, 0) is 95.6 Å². The number of aromatic nitrogens is 1. The number of fused-ring (bicyclic) bond motifs is 1. The molecule has 0 aliphatic rings. The lowest BCUT2D eigenvalue weighted by atomic mass is 10.1. The normalized spacial score (nSPS) is 11.2. The molecule has 1 N–H and O–H groups in total. The summed E-state index contributed by atoms with van der Waals surface area (Å²) in [7, 11) is 0. The van der Waals surface area contributed by atoms with Crippen LogP contribution in [0.4, 0.5) is 0 Å². The van der Waals surface area contributed by atoms with Gasteiger partial charge in [-0.3, -0.25) is 14.9 Å². The molecule has 0 unspecified atom stereocenters. The highest BCUT2D eigenvalue weighted by Gasteiger charge is 2.16. The summed E-state index contributed by atoms with van der Waals surface area (Å²) in [6.45, 7) is 6.51. The lowest BCUT2D eigenvalue weighted by molar-refractivity contribution is -0.113. The fourth-order valence-electron chi connectivity index (χ4n) is 3.96. The van der Waals surface area contributed by atoms with Gasteiger partial charge in [-0.15, -0.1) is 0 Å². The molecule has 0 fully saturated rings. The van der Waals surface area contributed by atoms with Crippen LogP contribution in [0.15, 0.2) is 72.3 Å². The fourth-order valence-corrected chi connectivity index (χ4v) is 4.75. The molecule has 0 atom stereocenters. The standard InChI is InChI=1S/C29H26IN3O3/c1-4-35-27-16-21(14-24(17-31)29(34)32-33-19(2)12-13-20(33)3)15-26(30)28(27)36-18-23-10-7-9-22-8-5-6-11-25(22)23/h5-16H,4,18H2,1-3H3,(H,32,34)/b24-14-. The van der Waals surface area contributed by atoms with Gasteiger partial charge < -0.3 is 9.47 Å². The van der Waals surface area contributed by atoms with E-state index in [4.69, 9.17) is 9.47 Å². The van der Waals surface area contributed by atoms with E-state index >= 15 is 0 Å². The number of nitriles is 1. The molecule has 0 aliphatic carbocycles. The number of amides is 1. The molecular formula is C29H26IN3O3. The van der Waals surface area contributed by atoms with Crippen molar-refractivity contribution in [3.05, 3.63) is 98.4 Å². The van der Waals surface area contributed by atoms with Crippen LogP contribution in [-0.4, -0.2) is 17.2 Å². The second-order valence-corrected chi connectivity index (χ2v) is 9.41. The zero-order chi connectivity index (χ0) is 25.7. The lowest BCUT2D eigenvalue weighted by Crippen LogP contribution is -2.25. The first-order chi connectivity index (χ1) is 17.4. The maximum Gasteiger partial charge on any atom is 0.280 e. The Labute approximate surface area is 224 Å². The average Bonchev–Trinajstić information content (AvgIpc) is 3.19. The van der Waals surface area contributed by atoms with Gasteiger partial charge in [0.1, 0.15) is 18.2 Å². The van der Waals surface area contributed by atoms with E-state index in [1.54, 1.807) is 16.8 Å². The third-order valence-corrected chi connectivity index (χ3v) is 6.55. The Kier molecular flexibility index (Phi) is 7.96. The third-order valence-electron chi connectivity index (χ3n) is 5.74. The Balaban J connectivity index is 1.61. The van der Waals surface area contributed by atoms with E-state index in [0.717, 1.165) is 31.3 Å². The maximum atomic E-state index is 12.8. The summed E-state index contributed by atoms with van der Waals surface area (Å²) < 4.78 is 14.6. The number of halogens is 1. The Morgan fingerprint density at radius 3 is 2.50 bits per heavy atom. The monoisotopic (exact) mass is 591 g/mol. The van der Waals surface area contributed by atoms with Gasteiger partial charge in [0.05, 0.1) is 10.2 Å². The molecule has 0 saturated heterocycles. The Hall–Kier alpha value is -3.77. The van der Waals surface area contributed by atoms with Crippen molar-refractivity contribution in [3.8, 4) is 17.6 Å². The van der Waals surface area contributed by atoms with Crippen LogP contribution in [0.3, 0.4) is 0 Å². The van der Waals surface area contributed by atoms with Gasteiger partial charge in [-0.25, -0.2) is 0 Å². The smallest absolute Gasteiger partial charge is 0.280 e. The molecule has 1 aromatic heterocycles. The topological polar surface area (TPSA) is 76.3 Å². The van der Waals surface area contributed by atoms with E-state index < -0.39 is 5.91 Å². The molecule has 1 amide bonds. The van der Waals surface area contributed by atoms with Crippen molar-refractivity contribution in [3.63, 3.8) is 0 Å². The molecule has 7 heteroatoms. The van der Waals surface area contributed by atoms with Crippen LogP contribution in [0.5, 0.6) is 11.5 Å². The number of nitrogens with one attached hydrogen (secondary N) is 1. The molecule has 0 aliphatic heterocycles. The van der Waals surface area contributed by atoms with Crippen molar-refractivity contribution >= 4 is 45.3 Å². The van der Waals surface area contributed by atoms with Crippen molar-refractivity contribution in [1.82, 2.24) is 4.68 Å². The third kappa shape index (κ3) is 5.55. The number of ether oxygens (including phenoxy) is 2. The Bertz CT molecular complexity index is 1470. The SMILES string of the molecule is CCOc1cc(/C=C(/C#N)C(=O)Nn2c(C)ccc2C)cc(I)c1OCc1cccc2ccccc12. The van der Waals surface area contributed by atoms with Crippen LogP contribution in [0.1, 0.15) is 29.4 Å². The van der Waals surface area contributed by atoms with Gasteiger partial charge in [0.15, 0.2) is 11.5 Å². The minimum absolute atomic E-state index is 0.00910. The minimum Gasteiger partial charge on any atom is -0.490 e. The summed E-state index contributed by atoms with van der Waals surface area (Å²) >= 11 is 2.19. The van der Waals surface area contributed by atoms with Crippen LogP contribution in [-0.2, 0) is 11.4 Å². The molecule has 182 valence electrons. The highest BCUT2D eigenvalue weighted by molar-refractivity contribution is 14.1. The number of hydrogen-bond donors (Lipinski definition) is 1. The van der Waals surface area contributed by atoms with Gasteiger partial charge >= 0.3 is 0 Å². The Morgan fingerprint density at radius 2 is 1.78 bits per heavy atom. The molecule has 0 saturated carbocycles. The largest absolute Gasteiger partial charge is 0.490 e. The van der Waals surface area contributed by atoms with Gasteiger partial charge in [0.2, 0.25) is 0 Å². The summed E-state index contributed by atoms with van der Waals surface area (Å²) in [6.07, 6.45) is 1.56. The van der Waals surface area contributed by atoms with E-state index in [1.165, 1.54) is 0 Å². The van der Waals surface area contributed by atoms with Gasteiger partial charge in [0.25, 0.3) is 5.91 Å². The second kappa shape index (κ2) is 11.3. The second-order valence-electron chi connectivity index (χ2n) is 8.25. The van der Waals surface area contributed by atoms with Crippen molar-refractivity contribution in [2.24, 2.45) is 0 Å². The zero-order valence-corrected chi connectivity index (χ0v) is 22.5. The highest BCUT2D eigenvalue weighted by Crippen LogP contribution is 2.36. The number of carbonyl (C=O) groups excluding carboxylic acids is 1. The fraction of sp³-hybridized carbons (Fsp3) is 0.172. The van der Waals surface area contributed by atoms with Crippen molar-refractivity contribution in [2.75, 3.05) is 12.0 Å². The summed E-state index contributed by atoms with van der Waals surface area (Å²) in [5.41, 5.74) is 6.27. The number of carbonyl (C=O) groups is 1. The molecule has 0 bridgehead atoms. The van der Waals surface area contributed by atoms with Crippen molar-refractivity contribution in [2.45, 2.75) is 27.4 Å². The quantitative estimate of drug-likeness (QED) is 0.144. The minimum atomic E-state index is -0.482. The number of hydrogen-bond acceptors (Lipinski definition) is 4. The maximum absolute atomic E-state index is 12.8. The first kappa shape index (κ1) is 25.3. The van der Waals surface area contributed by atoms with E-state index in [9.17, 15) is 10.1 Å². The van der Waals surface area contributed by atoms with Crippen LogP contribution in [0.25, 0.3) is 16.8 Å². The predicted molar refractivity (Wildman–Crippen MR) is 150 cm³/mol. The number of aryl methyl sites for hydroxylation is 2. The Morgan fingerprint density at radius 1 is 1.06 bits per heavy atom.